The van der Waals surface area contributed by atoms with Crippen molar-refractivity contribution < 1.29 is 23.7 Å². The van der Waals surface area contributed by atoms with E-state index in [4.69, 9.17) is 14.2 Å². The van der Waals surface area contributed by atoms with Crippen molar-refractivity contribution in [3.63, 3.8) is 0 Å². The van der Waals surface area contributed by atoms with Crippen LogP contribution in [0.1, 0.15) is 17.5 Å². The third-order valence-corrected chi connectivity index (χ3v) is 5.57. The quantitative estimate of drug-likeness (QED) is 0.676. The largest absolute Gasteiger partial charge is 0.497 e. The van der Waals surface area contributed by atoms with Gasteiger partial charge in [-0.25, -0.2) is 4.39 Å². The van der Waals surface area contributed by atoms with E-state index in [-0.39, 0.29) is 24.2 Å². The summed E-state index contributed by atoms with van der Waals surface area (Å²) in [7, 11) is 4.78. The van der Waals surface area contributed by atoms with Crippen molar-refractivity contribution in [2.24, 2.45) is 0 Å². The predicted molar refractivity (Wildman–Crippen MR) is 114 cm³/mol. The van der Waals surface area contributed by atoms with Crippen molar-refractivity contribution in [1.82, 2.24) is 9.80 Å². The molecule has 1 heterocycles. The van der Waals surface area contributed by atoms with Crippen molar-refractivity contribution in [3.8, 4) is 17.2 Å². The molecule has 0 bridgehead atoms. The second-order valence-corrected chi connectivity index (χ2v) is 7.56. The summed E-state index contributed by atoms with van der Waals surface area (Å²) in [5, 5.41) is 9.60. The molecule has 1 aliphatic heterocycles. The molecule has 30 heavy (non-hydrogen) atoms. The van der Waals surface area contributed by atoms with E-state index in [2.05, 4.69) is 9.80 Å². The number of hydrogen-bond donors (Lipinski definition) is 1. The van der Waals surface area contributed by atoms with E-state index in [0.29, 0.717) is 6.42 Å². The minimum absolute atomic E-state index is 0.140. The molecule has 0 aliphatic carbocycles. The molecule has 164 valence electrons. The Labute approximate surface area is 177 Å². The molecule has 0 spiro atoms. The van der Waals surface area contributed by atoms with E-state index in [1.165, 1.54) is 13.2 Å². The lowest BCUT2D eigenvalue weighted by molar-refractivity contribution is 0.0498. The molecule has 1 fully saturated rings. The second kappa shape index (κ2) is 10.6. The number of ether oxygens (including phenoxy) is 3. The van der Waals surface area contributed by atoms with Crippen LogP contribution in [0.4, 0.5) is 4.39 Å². The first-order valence-corrected chi connectivity index (χ1v) is 10.2. The van der Waals surface area contributed by atoms with Gasteiger partial charge in [-0.3, -0.25) is 9.80 Å². The molecule has 2 aromatic rings. The van der Waals surface area contributed by atoms with Crippen molar-refractivity contribution in [1.29, 1.82) is 0 Å². The van der Waals surface area contributed by atoms with Crippen LogP contribution in [0.5, 0.6) is 17.2 Å². The molecular formula is C23H31FN2O4. The van der Waals surface area contributed by atoms with E-state index in [1.54, 1.807) is 26.4 Å². The van der Waals surface area contributed by atoms with Crippen LogP contribution in [0.3, 0.4) is 0 Å². The fourth-order valence-corrected chi connectivity index (χ4v) is 3.98. The van der Waals surface area contributed by atoms with Crippen LogP contribution in [0.15, 0.2) is 36.4 Å². The molecule has 1 unspecified atom stereocenters. The van der Waals surface area contributed by atoms with Crippen LogP contribution in [0.2, 0.25) is 0 Å². The zero-order valence-corrected chi connectivity index (χ0v) is 17.9. The van der Waals surface area contributed by atoms with Gasteiger partial charge >= 0.3 is 0 Å². The highest BCUT2D eigenvalue weighted by Gasteiger charge is 2.27. The maximum Gasteiger partial charge on any atom is 0.165 e. The first-order chi connectivity index (χ1) is 14.6. The number of hydrogen-bond acceptors (Lipinski definition) is 6. The molecular weight excluding hydrogens is 387 g/mol. The van der Waals surface area contributed by atoms with Gasteiger partial charge in [0, 0.05) is 51.4 Å². The summed E-state index contributed by atoms with van der Waals surface area (Å²) in [5.41, 5.74) is 2.13. The topological polar surface area (TPSA) is 54.4 Å². The lowest BCUT2D eigenvalue weighted by Gasteiger charge is -2.41. The normalized spacial score (nSPS) is 17.7. The Hall–Kier alpha value is -2.35. The molecule has 6 nitrogen and oxygen atoms in total. The van der Waals surface area contributed by atoms with Gasteiger partial charge in [-0.1, -0.05) is 6.07 Å². The molecule has 3 rings (SSSR count). The van der Waals surface area contributed by atoms with Crippen LogP contribution in [0.25, 0.3) is 0 Å². The SMILES string of the molecule is COc1cc(CN2CCN(Cc3ccc(F)c(OC)c3)CC2CCO)cc(OC)c1. The number of halogens is 1. The highest BCUT2D eigenvalue weighted by atomic mass is 19.1. The third-order valence-electron chi connectivity index (χ3n) is 5.57. The Morgan fingerprint density at radius 3 is 2.30 bits per heavy atom. The smallest absolute Gasteiger partial charge is 0.165 e. The Kier molecular flexibility index (Phi) is 7.90. The lowest BCUT2D eigenvalue weighted by Crippen LogP contribution is -2.52. The molecule has 0 radical (unpaired) electrons. The average Bonchev–Trinajstić information content (AvgIpc) is 2.76. The van der Waals surface area contributed by atoms with Gasteiger partial charge in [0.25, 0.3) is 0 Å². The van der Waals surface area contributed by atoms with Crippen molar-refractivity contribution in [3.05, 3.63) is 53.3 Å². The Morgan fingerprint density at radius 2 is 1.67 bits per heavy atom. The zero-order valence-electron chi connectivity index (χ0n) is 17.9. The van der Waals surface area contributed by atoms with E-state index in [9.17, 15) is 9.50 Å². The monoisotopic (exact) mass is 418 g/mol. The van der Waals surface area contributed by atoms with E-state index < -0.39 is 0 Å². The first-order valence-electron chi connectivity index (χ1n) is 10.2. The van der Waals surface area contributed by atoms with Crippen LogP contribution in [-0.4, -0.2) is 68.5 Å². The maximum absolute atomic E-state index is 13.7. The summed E-state index contributed by atoms with van der Waals surface area (Å²) in [6.07, 6.45) is 0.699. The van der Waals surface area contributed by atoms with E-state index in [0.717, 1.165) is 55.3 Å². The zero-order chi connectivity index (χ0) is 21.5. The molecule has 2 aromatic carbocycles. The number of aliphatic hydroxyl groups is 1. The lowest BCUT2D eigenvalue weighted by atomic mass is 10.1. The molecule has 0 saturated carbocycles. The van der Waals surface area contributed by atoms with Gasteiger partial charge in [0.2, 0.25) is 0 Å². The van der Waals surface area contributed by atoms with Gasteiger partial charge in [-0.15, -0.1) is 0 Å². The molecule has 1 saturated heterocycles. The molecule has 1 aliphatic rings. The number of aliphatic hydroxyl groups excluding tert-OH is 1. The average molecular weight is 419 g/mol. The molecule has 0 aromatic heterocycles. The van der Waals surface area contributed by atoms with Gasteiger partial charge in [-0.2, -0.15) is 0 Å². The fourth-order valence-electron chi connectivity index (χ4n) is 3.98. The Balaban J connectivity index is 1.68. The summed E-state index contributed by atoms with van der Waals surface area (Å²) < 4.78 is 29.6. The summed E-state index contributed by atoms with van der Waals surface area (Å²) in [6, 6.07) is 11.1. The number of piperazine rings is 1. The molecule has 1 N–H and O–H groups in total. The summed E-state index contributed by atoms with van der Waals surface area (Å²) in [4.78, 5) is 4.74. The Morgan fingerprint density at radius 1 is 0.933 bits per heavy atom. The second-order valence-electron chi connectivity index (χ2n) is 7.56. The summed E-state index contributed by atoms with van der Waals surface area (Å²) >= 11 is 0. The van der Waals surface area contributed by atoms with Crippen molar-refractivity contribution in [2.45, 2.75) is 25.6 Å². The van der Waals surface area contributed by atoms with Crippen molar-refractivity contribution >= 4 is 0 Å². The molecule has 1 atom stereocenters. The number of rotatable bonds is 9. The maximum atomic E-state index is 13.7. The van der Waals surface area contributed by atoms with E-state index in [1.807, 2.05) is 18.2 Å². The Bertz CT molecular complexity index is 811. The van der Waals surface area contributed by atoms with Crippen LogP contribution in [0, 0.1) is 5.82 Å². The number of methoxy groups -OCH3 is 3. The van der Waals surface area contributed by atoms with Gasteiger partial charge in [0.15, 0.2) is 11.6 Å². The fraction of sp³-hybridized carbons (Fsp3) is 0.478. The van der Waals surface area contributed by atoms with Crippen LogP contribution < -0.4 is 14.2 Å². The number of nitrogens with zero attached hydrogens (tertiary/aromatic N) is 2. The molecule has 7 heteroatoms. The highest BCUT2D eigenvalue weighted by molar-refractivity contribution is 5.38. The minimum atomic E-state index is -0.349. The van der Waals surface area contributed by atoms with Gasteiger partial charge in [0.05, 0.1) is 21.3 Å². The summed E-state index contributed by atoms with van der Waals surface area (Å²) in [6.45, 7) is 4.23. The predicted octanol–water partition coefficient (Wildman–Crippen LogP) is 2.92. The molecule has 0 amide bonds. The van der Waals surface area contributed by atoms with E-state index >= 15 is 0 Å². The highest BCUT2D eigenvalue weighted by Crippen LogP contribution is 2.26. The van der Waals surface area contributed by atoms with Crippen LogP contribution in [-0.2, 0) is 13.1 Å². The minimum Gasteiger partial charge on any atom is -0.497 e. The first kappa shape index (κ1) is 22.3. The van der Waals surface area contributed by atoms with Crippen LogP contribution >= 0.6 is 0 Å². The third kappa shape index (κ3) is 5.62. The summed E-state index contributed by atoms with van der Waals surface area (Å²) in [5.74, 6) is 1.46. The standard InChI is InChI=1S/C23H31FN2O4/c1-28-20-10-18(11-21(13-20)29-2)15-26-8-7-25(16-19(26)6-9-27)14-17-4-5-22(24)23(12-17)30-3/h4-5,10-13,19,27H,6-9,14-16H2,1-3H3. The van der Waals surface area contributed by atoms with Gasteiger partial charge < -0.3 is 19.3 Å². The van der Waals surface area contributed by atoms with Crippen molar-refractivity contribution in [2.75, 3.05) is 47.6 Å². The van der Waals surface area contributed by atoms with Gasteiger partial charge in [-0.05, 0) is 41.8 Å². The number of benzene rings is 2. The van der Waals surface area contributed by atoms with Gasteiger partial charge in [0.1, 0.15) is 11.5 Å².